The van der Waals surface area contributed by atoms with Gasteiger partial charge in [-0.15, -0.1) is 0 Å². The molecule has 35 heavy (non-hydrogen) atoms. The summed E-state index contributed by atoms with van der Waals surface area (Å²) < 4.78 is 0. The largest absolute Gasteiger partial charge is 0.116 e. The second kappa shape index (κ2) is 13.4. The molecule has 180 valence electrons. The second-order valence-electron chi connectivity index (χ2n) is 9.66. The molecule has 0 nitrogen and oxygen atoms in total. The van der Waals surface area contributed by atoms with Gasteiger partial charge in [0, 0.05) is 0 Å². The van der Waals surface area contributed by atoms with Gasteiger partial charge in [-0.3, -0.25) is 0 Å². The Morgan fingerprint density at radius 2 is 0.829 bits per heavy atom. The first kappa shape index (κ1) is 25.4. The summed E-state index contributed by atoms with van der Waals surface area (Å²) in [5.74, 6) is 0. The van der Waals surface area contributed by atoms with E-state index in [0.29, 0.717) is 0 Å². The SMILES string of the molecule is CCCCCCCCCc1ccc(C[P+](c2ccccc2)(c2ccccc2)c2ccccc2)cc1. The first-order valence-corrected chi connectivity index (χ1v) is 15.4. The van der Waals surface area contributed by atoms with Gasteiger partial charge in [-0.1, -0.05) is 124 Å². The summed E-state index contributed by atoms with van der Waals surface area (Å²) in [6.45, 7) is 2.29. The van der Waals surface area contributed by atoms with Gasteiger partial charge in [-0.2, -0.15) is 0 Å². The van der Waals surface area contributed by atoms with Crippen molar-refractivity contribution in [2.75, 3.05) is 0 Å². The van der Waals surface area contributed by atoms with Crippen LogP contribution in [0.2, 0.25) is 0 Å². The fourth-order valence-corrected chi connectivity index (χ4v) is 9.38. The highest BCUT2D eigenvalue weighted by Gasteiger charge is 2.45. The van der Waals surface area contributed by atoms with Crippen molar-refractivity contribution in [2.45, 2.75) is 64.5 Å². The first-order chi connectivity index (χ1) is 17.3. The van der Waals surface area contributed by atoms with E-state index in [0.717, 1.165) is 6.16 Å². The highest BCUT2D eigenvalue weighted by Crippen LogP contribution is 2.58. The molecule has 0 heterocycles. The molecule has 0 atom stereocenters. The summed E-state index contributed by atoms with van der Waals surface area (Å²) in [7, 11) is -1.83. The van der Waals surface area contributed by atoms with Gasteiger partial charge in [0.1, 0.15) is 23.2 Å². The normalized spacial score (nSPS) is 11.5. The molecular formula is C34H40P+. The average Bonchev–Trinajstić information content (AvgIpc) is 2.93. The average molecular weight is 480 g/mol. The van der Waals surface area contributed by atoms with Crippen LogP contribution in [0.25, 0.3) is 0 Å². The van der Waals surface area contributed by atoms with E-state index in [4.69, 9.17) is 0 Å². The molecule has 0 spiro atoms. The topological polar surface area (TPSA) is 0 Å². The third kappa shape index (κ3) is 6.71. The van der Waals surface area contributed by atoms with E-state index in [1.54, 1.807) is 0 Å². The molecule has 0 N–H and O–H groups in total. The van der Waals surface area contributed by atoms with E-state index in [-0.39, 0.29) is 0 Å². The number of aryl methyl sites for hydroxylation is 1. The molecule has 0 unspecified atom stereocenters. The van der Waals surface area contributed by atoms with Gasteiger partial charge in [-0.25, -0.2) is 0 Å². The maximum Gasteiger partial charge on any atom is 0.116 e. The Morgan fingerprint density at radius 1 is 0.429 bits per heavy atom. The van der Waals surface area contributed by atoms with Crippen LogP contribution in [0, 0.1) is 0 Å². The highest BCUT2D eigenvalue weighted by atomic mass is 31.2. The van der Waals surface area contributed by atoms with Crippen LogP contribution in [0.15, 0.2) is 115 Å². The van der Waals surface area contributed by atoms with E-state index in [1.807, 2.05) is 0 Å². The first-order valence-electron chi connectivity index (χ1n) is 13.5. The van der Waals surface area contributed by atoms with Crippen molar-refractivity contribution in [1.29, 1.82) is 0 Å². The smallest absolute Gasteiger partial charge is 0.0654 e. The Balaban J connectivity index is 1.57. The summed E-state index contributed by atoms with van der Waals surface area (Å²) in [4.78, 5) is 0. The Morgan fingerprint density at radius 3 is 1.29 bits per heavy atom. The Hall–Kier alpha value is -2.69. The highest BCUT2D eigenvalue weighted by molar-refractivity contribution is 7.95. The van der Waals surface area contributed by atoms with Gasteiger partial charge in [0.25, 0.3) is 0 Å². The van der Waals surface area contributed by atoms with E-state index >= 15 is 0 Å². The minimum absolute atomic E-state index is 1.04. The van der Waals surface area contributed by atoms with Crippen LogP contribution in [0.4, 0.5) is 0 Å². The molecule has 4 aromatic carbocycles. The van der Waals surface area contributed by atoms with Crippen molar-refractivity contribution in [1.82, 2.24) is 0 Å². The third-order valence-corrected chi connectivity index (χ3v) is 11.5. The number of benzene rings is 4. The van der Waals surface area contributed by atoms with Crippen LogP contribution < -0.4 is 15.9 Å². The molecule has 4 rings (SSSR count). The summed E-state index contributed by atoms with van der Waals surface area (Å²) >= 11 is 0. The maximum atomic E-state index is 2.39. The Kier molecular flexibility index (Phi) is 9.74. The van der Waals surface area contributed by atoms with Crippen molar-refractivity contribution in [3.63, 3.8) is 0 Å². The zero-order valence-corrected chi connectivity index (χ0v) is 22.2. The van der Waals surface area contributed by atoms with Crippen molar-refractivity contribution >= 4 is 23.2 Å². The predicted molar refractivity (Wildman–Crippen MR) is 157 cm³/mol. The van der Waals surface area contributed by atoms with Gasteiger partial charge in [0.15, 0.2) is 0 Å². The molecule has 0 saturated heterocycles. The van der Waals surface area contributed by atoms with Crippen molar-refractivity contribution in [3.05, 3.63) is 126 Å². The molecule has 0 radical (unpaired) electrons. The van der Waals surface area contributed by atoms with E-state index in [2.05, 4.69) is 122 Å². The zero-order valence-electron chi connectivity index (χ0n) is 21.3. The van der Waals surface area contributed by atoms with E-state index in [1.165, 1.54) is 78.4 Å². The molecule has 0 saturated carbocycles. The number of hydrogen-bond donors (Lipinski definition) is 0. The molecule has 0 bridgehead atoms. The van der Waals surface area contributed by atoms with E-state index < -0.39 is 7.26 Å². The van der Waals surface area contributed by atoms with E-state index in [9.17, 15) is 0 Å². The summed E-state index contributed by atoms with van der Waals surface area (Å²) in [5, 5.41) is 4.35. The van der Waals surface area contributed by atoms with Gasteiger partial charge >= 0.3 is 0 Å². The van der Waals surface area contributed by atoms with Crippen LogP contribution in [-0.4, -0.2) is 0 Å². The second-order valence-corrected chi connectivity index (χ2v) is 13.1. The summed E-state index contributed by atoms with van der Waals surface area (Å²) in [6, 6.07) is 43.1. The van der Waals surface area contributed by atoms with Gasteiger partial charge in [0.2, 0.25) is 0 Å². The molecule has 0 amide bonds. The van der Waals surface area contributed by atoms with Gasteiger partial charge in [0.05, 0.1) is 6.16 Å². The summed E-state index contributed by atoms with van der Waals surface area (Å²) in [5.41, 5.74) is 2.91. The lowest BCUT2D eigenvalue weighted by Gasteiger charge is -2.28. The minimum Gasteiger partial charge on any atom is -0.0654 e. The third-order valence-electron chi connectivity index (χ3n) is 7.10. The summed E-state index contributed by atoms with van der Waals surface area (Å²) in [6.07, 6.45) is 11.8. The number of rotatable bonds is 13. The lowest BCUT2D eigenvalue weighted by atomic mass is 10.0. The quantitative estimate of drug-likeness (QED) is 0.133. The van der Waals surface area contributed by atoms with Crippen LogP contribution in [-0.2, 0) is 12.6 Å². The van der Waals surface area contributed by atoms with Crippen LogP contribution in [0.1, 0.15) is 63.0 Å². The lowest BCUT2D eigenvalue weighted by Crippen LogP contribution is -2.32. The van der Waals surface area contributed by atoms with Gasteiger partial charge < -0.3 is 0 Å². The molecule has 0 fully saturated rings. The Bertz CT molecular complexity index is 1000. The number of unbranched alkanes of at least 4 members (excludes halogenated alkanes) is 6. The van der Waals surface area contributed by atoms with Crippen molar-refractivity contribution in [2.24, 2.45) is 0 Å². The van der Waals surface area contributed by atoms with Crippen molar-refractivity contribution in [3.8, 4) is 0 Å². The minimum atomic E-state index is -1.83. The molecular weight excluding hydrogens is 439 g/mol. The monoisotopic (exact) mass is 479 g/mol. The zero-order chi connectivity index (χ0) is 24.2. The fourth-order valence-electron chi connectivity index (χ4n) is 5.14. The fraction of sp³-hybridized carbons (Fsp3) is 0.294. The Labute approximate surface area is 213 Å². The standard InChI is InChI=1S/C34H40P/c1-2-3-4-5-6-7-11-18-30-25-27-31(28-26-30)29-35(32-19-12-8-13-20-32,33-21-14-9-15-22-33)34-23-16-10-17-24-34/h8-10,12-17,19-28H,2-7,11,18,29H2,1H3/q+1. The van der Waals surface area contributed by atoms with Crippen molar-refractivity contribution < 1.29 is 0 Å². The van der Waals surface area contributed by atoms with Crippen LogP contribution in [0.3, 0.4) is 0 Å². The maximum absolute atomic E-state index is 2.39. The van der Waals surface area contributed by atoms with Crippen LogP contribution in [0.5, 0.6) is 0 Å². The molecule has 1 heteroatoms. The molecule has 0 aliphatic heterocycles. The predicted octanol–water partition coefficient (Wildman–Crippen LogP) is 8.47. The molecule has 0 aromatic heterocycles. The molecule has 0 aliphatic carbocycles. The van der Waals surface area contributed by atoms with Crippen LogP contribution >= 0.6 is 7.26 Å². The molecule has 4 aromatic rings. The lowest BCUT2D eigenvalue weighted by molar-refractivity contribution is 0.589. The van der Waals surface area contributed by atoms with Gasteiger partial charge in [-0.05, 0) is 60.4 Å². The number of hydrogen-bond acceptors (Lipinski definition) is 0. The molecule has 0 aliphatic rings.